The second-order valence-electron chi connectivity index (χ2n) is 7.04. The van der Waals surface area contributed by atoms with Crippen molar-refractivity contribution in [2.24, 2.45) is 5.41 Å². The zero-order chi connectivity index (χ0) is 19.1. The van der Waals surface area contributed by atoms with Gasteiger partial charge in [0.1, 0.15) is 10.7 Å². The third-order valence-electron chi connectivity index (χ3n) is 4.58. The van der Waals surface area contributed by atoms with Crippen LogP contribution in [0.25, 0.3) is 21.3 Å². The molecule has 1 aromatic carbocycles. The van der Waals surface area contributed by atoms with Gasteiger partial charge in [-0.15, -0.1) is 11.3 Å². The van der Waals surface area contributed by atoms with E-state index in [1.54, 1.807) is 13.8 Å². The molecule has 5 nitrogen and oxygen atoms in total. The molecule has 0 atom stereocenters. The molecular weight excluding hydrogens is 348 g/mol. The molecule has 0 saturated heterocycles. The van der Waals surface area contributed by atoms with E-state index in [0.29, 0.717) is 22.5 Å². The molecule has 6 heteroatoms. The fourth-order valence-corrected chi connectivity index (χ4v) is 4.14. The lowest BCUT2D eigenvalue weighted by molar-refractivity contribution is -0.147. The zero-order valence-corrected chi connectivity index (χ0v) is 16.2. The van der Waals surface area contributed by atoms with E-state index in [0.717, 1.165) is 16.0 Å². The molecule has 2 aromatic heterocycles. The molecular formula is C20H22N2O3S. The molecule has 0 aliphatic heterocycles. The maximum Gasteiger partial charge on any atom is 0.310 e. The van der Waals surface area contributed by atoms with E-state index in [9.17, 15) is 14.7 Å². The van der Waals surface area contributed by atoms with Gasteiger partial charge in [0.15, 0.2) is 0 Å². The van der Waals surface area contributed by atoms with E-state index in [1.807, 2.05) is 44.2 Å². The number of hydrogen-bond donors (Lipinski definition) is 1. The van der Waals surface area contributed by atoms with Crippen LogP contribution in [0.15, 0.2) is 35.1 Å². The minimum atomic E-state index is -1.05. The molecule has 0 bridgehead atoms. The molecule has 1 N–H and O–H groups in total. The molecule has 26 heavy (non-hydrogen) atoms. The Morgan fingerprint density at radius 1 is 1.27 bits per heavy atom. The Hall–Kier alpha value is -2.47. The van der Waals surface area contributed by atoms with Gasteiger partial charge in [-0.3, -0.25) is 14.2 Å². The monoisotopic (exact) mass is 370 g/mol. The lowest BCUT2D eigenvalue weighted by atomic mass is 9.93. The molecule has 136 valence electrons. The lowest BCUT2D eigenvalue weighted by Crippen LogP contribution is -2.36. The fraction of sp³-hybridized carbons (Fsp3) is 0.350. The first-order chi connectivity index (χ1) is 12.3. The molecule has 0 fully saturated rings. The highest BCUT2D eigenvalue weighted by Crippen LogP contribution is 2.35. The summed E-state index contributed by atoms with van der Waals surface area (Å²) in [5.74, 6) is -0.311. The number of hydrogen-bond acceptors (Lipinski definition) is 4. The van der Waals surface area contributed by atoms with Crippen LogP contribution in [-0.2, 0) is 17.8 Å². The first kappa shape index (κ1) is 18.3. The molecule has 0 aliphatic rings. The number of carbonyl (C=O) groups is 1. The highest BCUT2D eigenvalue weighted by atomic mass is 32.1. The molecule has 0 spiro atoms. The Morgan fingerprint density at radius 3 is 2.50 bits per heavy atom. The highest BCUT2D eigenvalue weighted by Gasteiger charge is 2.30. The van der Waals surface area contributed by atoms with Crippen molar-refractivity contribution in [1.82, 2.24) is 9.55 Å². The first-order valence-corrected chi connectivity index (χ1v) is 9.39. The Bertz CT molecular complexity index is 1030. The number of nitrogens with zero attached hydrogens (tertiary/aromatic N) is 2. The summed E-state index contributed by atoms with van der Waals surface area (Å²) in [7, 11) is 0. The third-order valence-corrected chi connectivity index (χ3v) is 5.58. The van der Waals surface area contributed by atoms with Crippen LogP contribution in [0, 0.1) is 12.3 Å². The zero-order valence-electron chi connectivity index (χ0n) is 15.4. The van der Waals surface area contributed by atoms with Crippen LogP contribution >= 0.6 is 11.3 Å². The van der Waals surface area contributed by atoms with Crippen molar-refractivity contribution in [3.05, 3.63) is 51.4 Å². The van der Waals surface area contributed by atoms with Gasteiger partial charge in [-0.05, 0) is 26.3 Å². The van der Waals surface area contributed by atoms with Crippen LogP contribution in [-0.4, -0.2) is 20.6 Å². The van der Waals surface area contributed by atoms with Gasteiger partial charge in [0.05, 0.1) is 10.8 Å². The number of aromatic nitrogens is 2. The molecule has 0 aliphatic carbocycles. The van der Waals surface area contributed by atoms with Crippen LogP contribution in [0.3, 0.4) is 0 Å². The summed E-state index contributed by atoms with van der Waals surface area (Å²) < 4.78 is 1.54. The Kier molecular flexibility index (Phi) is 4.71. The predicted molar refractivity (Wildman–Crippen MR) is 105 cm³/mol. The smallest absolute Gasteiger partial charge is 0.310 e. The minimum absolute atomic E-state index is 0.0937. The molecule has 0 amide bonds. The first-order valence-electron chi connectivity index (χ1n) is 8.58. The average Bonchev–Trinajstić information content (AvgIpc) is 2.94. The Labute approximate surface area is 155 Å². The number of aryl methyl sites for hydroxylation is 2. The molecule has 0 saturated carbocycles. The van der Waals surface area contributed by atoms with E-state index < -0.39 is 11.4 Å². The quantitative estimate of drug-likeness (QED) is 0.734. The van der Waals surface area contributed by atoms with Gasteiger partial charge in [-0.2, -0.15) is 0 Å². The average molecular weight is 370 g/mol. The Morgan fingerprint density at radius 2 is 1.92 bits per heavy atom. The van der Waals surface area contributed by atoms with E-state index in [1.165, 1.54) is 15.9 Å². The standard InChI is InChI=1S/C20H22N2O3S/c1-5-14-21-17-16(18(23)22(14)11-20(3,4)19(24)25)15(12(2)26-17)13-9-7-6-8-10-13/h6-10H,5,11H2,1-4H3,(H,24,25). The normalized spacial score (nSPS) is 11.8. The van der Waals surface area contributed by atoms with Crippen molar-refractivity contribution >= 4 is 27.5 Å². The van der Waals surface area contributed by atoms with E-state index in [4.69, 9.17) is 4.98 Å². The predicted octanol–water partition coefficient (Wildman–Crippen LogP) is 4.11. The van der Waals surface area contributed by atoms with Gasteiger partial charge < -0.3 is 5.11 Å². The van der Waals surface area contributed by atoms with Crippen LogP contribution in [0.2, 0.25) is 0 Å². The molecule has 0 unspecified atom stereocenters. The topological polar surface area (TPSA) is 72.2 Å². The summed E-state index contributed by atoms with van der Waals surface area (Å²) in [5, 5.41) is 10.1. The number of benzene rings is 1. The summed E-state index contributed by atoms with van der Waals surface area (Å²) >= 11 is 1.51. The number of aliphatic carboxylic acids is 1. The van der Waals surface area contributed by atoms with Crippen molar-refractivity contribution in [3.63, 3.8) is 0 Å². The summed E-state index contributed by atoms with van der Waals surface area (Å²) in [4.78, 5) is 31.4. The second-order valence-corrected chi connectivity index (χ2v) is 8.24. The van der Waals surface area contributed by atoms with Gasteiger partial charge in [0, 0.05) is 23.4 Å². The van der Waals surface area contributed by atoms with Gasteiger partial charge >= 0.3 is 5.97 Å². The van der Waals surface area contributed by atoms with Gasteiger partial charge in [0.25, 0.3) is 5.56 Å². The number of carboxylic acids is 1. The van der Waals surface area contributed by atoms with E-state index in [2.05, 4.69) is 0 Å². The van der Waals surface area contributed by atoms with Crippen LogP contribution in [0.1, 0.15) is 31.5 Å². The second kappa shape index (κ2) is 6.68. The molecule has 2 heterocycles. The van der Waals surface area contributed by atoms with Crippen molar-refractivity contribution in [3.8, 4) is 11.1 Å². The van der Waals surface area contributed by atoms with Crippen molar-refractivity contribution in [1.29, 1.82) is 0 Å². The van der Waals surface area contributed by atoms with Gasteiger partial charge in [-0.25, -0.2) is 4.98 Å². The summed E-state index contributed by atoms with van der Waals surface area (Å²) in [6, 6.07) is 9.78. The van der Waals surface area contributed by atoms with E-state index in [-0.39, 0.29) is 12.1 Å². The summed E-state index contributed by atoms with van der Waals surface area (Å²) in [6.45, 7) is 7.27. The van der Waals surface area contributed by atoms with Crippen molar-refractivity contribution in [2.45, 2.75) is 40.7 Å². The van der Waals surface area contributed by atoms with Crippen LogP contribution in [0.4, 0.5) is 0 Å². The van der Waals surface area contributed by atoms with E-state index >= 15 is 0 Å². The number of thiophene rings is 1. The SMILES string of the molecule is CCc1nc2sc(C)c(-c3ccccc3)c2c(=O)n1CC(C)(C)C(=O)O. The molecule has 0 radical (unpaired) electrons. The lowest BCUT2D eigenvalue weighted by Gasteiger charge is -2.22. The molecule has 3 rings (SSSR count). The minimum Gasteiger partial charge on any atom is -0.481 e. The number of carboxylic acid groups (broad SMARTS) is 1. The maximum atomic E-state index is 13.4. The van der Waals surface area contributed by atoms with Gasteiger partial charge in [-0.1, -0.05) is 37.3 Å². The summed E-state index contributed by atoms with van der Waals surface area (Å²) in [5.41, 5.74) is 0.654. The third kappa shape index (κ3) is 3.05. The van der Waals surface area contributed by atoms with Gasteiger partial charge in [0.2, 0.25) is 0 Å². The fourth-order valence-electron chi connectivity index (χ4n) is 3.09. The number of fused-ring (bicyclic) bond motifs is 1. The largest absolute Gasteiger partial charge is 0.481 e. The van der Waals surface area contributed by atoms with Crippen molar-refractivity contribution < 1.29 is 9.90 Å². The Balaban J connectivity index is 2.31. The van der Waals surface area contributed by atoms with Crippen LogP contribution in [0.5, 0.6) is 0 Å². The molecule has 3 aromatic rings. The van der Waals surface area contributed by atoms with Crippen molar-refractivity contribution in [2.75, 3.05) is 0 Å². The van der Waals surface area contributed by atoms with Crippen LogP contribution < -0.4 is 5.56 Å². The maximum absolute atomic E-state index is 13.4. The number of rotatable bonds is 5. The highest BCUT2D eigenvalue weighted by molar-refractivity contribution is 7.19. The summed E-state index contributed by atoms with van der Waals surface area (Å²) in [6.07, 6.45) is 0.568.